The Hall–Kier alpha value is -1.77. The first-order valence-electron chi connectivity index (χ1n) is 10.0. The lowest BCUT2D eigenvalue weighted by Gasteiger charge is -2.10. The average Bonchev–Trinajstić information content (AvgIpc) is 3.03. The second-order valence-electron chi connectivity index (χ2n) is 4.38. The van der Waals surface area contributed by atoms with E-state index in [1.54, 1.807) is 18.2 Å². The molecule has 4 rings (SSSR count). The van der Waals surface area contributed by atoms with Gasteiger partial charge in [0.2, 0.25) is 0 Å². The van der Waals surface area contributed by atoms with Gasteiger partial charge in [-0.05, 0) is 30.3 Å². The predicted molar refractivity (Wildman–Crippen MR) is 93.5 cm³/mol. The Morgan fingerprint density at radius 2 is 1.48 bits per heavy atom. The van der Waals surface area contributed by atoms with Crippen molar-refractivity contribution >= 4 is 49.3 Å². The third-order valence-corrected chi connectivity index (χ3v) is 3.98. The maximum Gasteiger partial charge on any atom is 0.0657 e. The lowest BCUT2D eigenvalue weighted by molar-refractivity contribution is 1.18. The van der Waals surface area contributed by atoms with Gasteiger partial charge in [0.1, 0.15) is 0 Å². The van der Waals surface area contributed by atoms with E-state index in [-0.39, 0.29) is 51.0 Å². The highest BCUT2D eigenvalue weighted by Crippen LogP contribution is 2.34. The zero-order valence-electron chi connectivity index (χ0n) is 18.4. The monoisotopic (exact) mass is 363 g/mol. The van der Waals surface area contributed by atoms with E-state index in [1.807, 2.05) is 0 Å². The Morgan fingerprint density at radius 3 is 2.05 bits per heavy atom. The molecule has 1 heterocycles. The minimum absolute atomic E-state index is 0.0250. The van der Waals surface area contributed by atoms with Crippen LogP contribution in [0.2, 0.25) is 5.02 Å². The number of benzene rings is 3. The SMILES string of the molecule is [2H]c1c([2H])c([2H])c2c(c1[2H])c1c([2H])c([2H])c([2H])c([2H])c1n2-c1ccc(Br)cc1Cl. The summed E-state index contributed by atoms with van der Waals surface area (Å²) < 4.78 is 67.8. The molecule has 3 aromatic carbocycles. The maximum absolute atomic E-state index is 8.43. The van der Waals surface area contributed by atoms with Crippen molar-refractivity contribution in [2.75, 3.05) is 0 Å². The van der Waals surface area contributed by atoms with E-state index >= 15 is 0 Å². The lowest BCUT2D eigenvalue weighted by Crippen LogP contribution is -1.94. The van der Waals surface area contributed by atoms with E-state index < -0.39 is 24.2 Å². The molecule has 0 saturated heterocycles. The first-order chi connectivity index (χ1) is 13.6. The summed E-state index contributed by atoms with van der Waals surface area (Å²) in [5, 5.41) is 0.298. The molecule has 0 aliphatic rings. The van der Waals surface area contributed by atoms with Crippen molar-refractivity contribution in [2.45, 2.75) is 0 Å². The number of fused-ring (bicyclic) bond motifs is 3. The van der Waals surface area contributed by atoms with Crippen molar-refractivity contribution in [3.05, 3.63) is 76.0 Å². The van der Waals surface area contributed by atoms with Gasteiger partial charge in [0.25, 0.3) is 0 Å². The highest BCUT2D eigenvalue weighted by atomic mass is 79.9. The van der Waals surface area contributed by atoms with Gasteiger partial charge in [0.15, 0.2) is 0 Å². The topological polar surface area (TPSA) is 4.93 Å². The highest BCUT2D eigenvalue weighted by Gasteiger charge is 2.13. The van der Waals surface area contributed by atoms with Crippen LogP contribution < -0.4 is 0 Å². The number of rotatable bonds is 1. The van der Waals surface area contributed by atoms with Crippen LogP contribution in [0.5, 0.6) is 0 Å². The van der Waals surface area contributed by atoms with Gasteiger partial charge in [-0.15, -0.1) is 0 Å². The molecule has 0 amide bonds. The van der Waals surface area contributed by atoms with Crippen molar-refractivity contribution in [1.29, 1.82) is 0 Å². The molecular formula is C18H11BrClN. The molecule has 0 radical (unpaired) electrons. The normalized spacial score (nSPS) is 16.7. The van der Waals surface area contributed by atoms with Crippen LogP contribution in [0.15, 0.2) is 71.0 Å². The maximum atomic E-state index is 8.43. The molecule has 0 atom stereocenters. The third-order valence-electron chi connectivity index (χ3n) is 3.18. The van der Waals surface area contributed by atoms with Crippen molar-refractivity contribution in [2.24, 2.45) is 0 Å². The molecule has 3 heteroatoms. The Morgan fingerprint density at radius 1 is 0.905 bits per heavy atom. The molecule has 1 aromatic heterocycles. The summed E-state index contributed by atoms with van der Waals surface area (Å²) >= 11 is 9.73. The van der Waals surface area contributed by atoms with Crippen molar-refractivity contribution in [1.82, 2.24) is 4.57 Å². The number of hydrogen-bond donors (Lipinski definition) is 0. The number of nitrogens with zero attached hydrogens (tertiary/aromatic N) is 1. The fourth-order valence-electron chi connectivity index (χ4n) is 2.32. The van der Waals surface area contributed by atoms with Crippen molar-refractivity contribution in [3.63, 3.8) is 0 Å². The first kappa shape index (κ1) is 6.99. The molecule has 21 heavy (non-hydrogen) atoms. The third kappa shape index (κ3) is 1.98. The standard InChI is InChI=1S/C18H11BrClN/c19-12-9-10-18(15(20)11-12)21-16-7-3-1-5-13(16)14-6-2-4-8-17(14)21/h1-11H/i1D,2D,3D,4D,5D,6D,7D,8D. The van der Waals surface area contributed by atoms with E-state index in [2.05, 4.69) is 15.9 Å². The van der Waals surface area contributed by atoms with Crippen LogP contribution in [-0.2, 0) is 0 Å². The Labute approximate surface area is 147 Å². The van der Waals surface area contributed by atoms with Crippen molar-refractivity contribution in [3.8, 4) is 5.69 Å². The van der Waals surface area contributed by atoms with Gasteiger partial charge in [-0.25, -0.2) is 0 Å². The summed E-state index contributed by atoms with van der Waals surface area (Å²) in [6.07, 6.45) is 0. The second-order valence-corrected chi connectivity index (χ2v) is 5.70. The van der Waals surface area contributed by atoms with Crippen molar-refractivity contribution < 1.29 is 11.0 Å². The molecule has 0 saturated carbocycles. The van der Waals surface area contributed by atoms with Gasteiger partial charge in [0, 0.05) is 15.2 Å². The molecule has 1 nitrogen and oxygen atoms in total. The second kappa shape index (κ2) is 4.90. The molecule has 0 fully saturated rings. The van der Waals surface area contributed by atoms with Crippen LogP contribution in [0.4, 0.5) is 0 Å². The van der Waals surface area contributed by atoms with Gasteiger partial charge >= 0.3 is 0 Å². The minimum Gasteiger partial charge on any atom is -0.308 e. The first-order valence-corrected chi connectivity index (χ1v) is 7.21. The molecule has 102 valence electrons. The van der Waals surface area contributed by atoms with E-state index in [0.717, 1.165) is 0 Å². The summed E-state index contributed by atoms with van der Waals surface area (Å²) in [4.78, 5) is 0. The summed E-state index contributed by atoms with van der Waals surface area (Å²) in [5.41, 5.74) is 0.425. The zero-order chi connectivity index (χ0) is 21.4. The molecule has 0 aliphatic carbocycles. The van der Waals surface area contributed by atoms with Gasteiger partial charge in [0.05, 0.1) is 32.7 Å². The average molecular weight is 365 g/mol. The number of halogens is 2. The predicted octanol–water partition coefficient (Wildman–Crippen LogP) is 6.20. The molecule has 0 bridgehead atoms. The highest BCUT2D eigenvalue weighted by molar-refractivity contribution is 9.10. The van der Waals surface area contributed by atoms with Gasteiger partial charge < -0.3 is 4.57 Å². The number of aromatic nitrogens is 1. The van der Waals surface area contributed by atoms with Gasteiger partial charge in [-0.1, -0.05) is 63.8 Å². The van der Waals surface area contributed by atoms with E-state index in [9.17, 15) is 0 Å². The molecular weight excluding hydrogens is 346 g/mol. The summed E-state index contributed by atoms with van der Waals surface area (Å²) in [5.74, 6) is 0. The summed E-state index contributed by atoms with van der Waals surface area (Å²) in [7, 11) is 0. The molecule has 0 aliphatic heterocycles. The van der Waals surface area contributed by atoms with Gasteiger partial charge in [-0.2, -0.15) is 0 Å². The quantitative estimate of drug-likeness (QED) is 0.379. The fraction of sp³-hybridized carbons (Fsp3) is 0. The van der Waals surface area contributed by atoms with Crippen LogP contribution in [0.1, 0.15) is 11.0 Å². The molecule has 0 unspecified atom stereocenters. The van der Waals surface area contributed by atoms with Gasteiger partial charge in [-0.3, -0.25) is 0 Å². The van der Waals surface area contributed by atoms with E-state index in [4.69, 9.17) is 22.6 Å². The van der Waals surface area contributed by atoms with E-state index in [1.165, 1.54) is 4.57 Å². The lowest BCUT2D eigenvalue weighted by atomic mass is 10.2. The zero-order valence-corrected chi connectivity index (χ0v) is 12.8. The molecule has 4 aromatic rings. The van der Waals surface area contributed by atoms with Crippen LogP contribution in [-0.4, -0.2) is 4.57 Å². The van der Waals surface area contributed by atoms with Crippen LogP contribution >= 0.6 is 27.5 Å². The Kier molecular flexibility index (Phi) is 1.63. The molecule has 0 spiro atoms. The summed E-state index contributed by atoms with van der Waals surface area (Å²) in [6, 6.07) is 1.58. The van der Waals surface area contributed by atoms with E-state index in [0.29, 0.717) is 10.2 Å². The molecule has 0 N–H and O–H groups in total. The number of hydrogen-bond acceptors (Lipinski definition) is 0. The van der Waals surface area contributed by atoms with Crippen LogP contribution in [0.25, 0.3) is 27.5 Å². The Bertz CT molecular complexity index is 1290. The minimum atomic E-state index is -0.476. The van der Waals surface area contributed by atoms with Crippen LogP contribution in [0.3, 0.4) is 0 Å². The van der Waals surface area contributed by atoms with Crippen LogP contribution in [0, 0.1) is 0 Å². The largest absolute Gasteiger partial charge is 0.308 e. The smallest absolute Gasteiger partial charge is 0.0657 e. The fourth-order valence-corrected chi connectivity index (χ4v) is 3.08. The number of para-hydroxylation sites is 2. The Balaban J connectivity index is 2.44. The summed E-state index contributed by atoms with van der Waals surface area (Å²) in [6.45, 7) is 0.